The van der Waals surface area contributed by atoms with Crippen LogP contribution in [0.2, 0.25) is 5.02 Å². The third kappa shape index (κ3) is 3.25. The van der Waals surface area contributed by atoms with Crippen LogP contribution < -0.4 is 10.6 Å². The number of benzene rings is 1. The van der Waals surface area contributed by atoms with E-state index in [0.717, 1.165) is 11.3 Å². The third-order valence-corrected chi connectivity index (χ3v) is 3.61. The number of nitrogens with zero attached hydrogens (tertiary/aromatic N) is 3. The monoisotopic (exact) mass is 319 g/mol. The molecule has 0 aliphatic carbocycles. The van der Waals surface area contributed by atoms with Gasteiger partial charge in [-0.2, -0.15) is 0 Å². The summed E-state index contributed by atoms with van der Waals surface area (Å²) < 4.78 is 1.55. The van der Waals surface area contributed by atoms with Crippen LogP contribution in [-0.2, 0) is 35.6 Å². The zero-order chi connectivity index (χ0) is 15.5. The molecule has 22 heavy (non-hydrogen) atoms. The molecule has 0 bridgehead atoms. The molecule has 7 nitrogen and oxygen atoms in total. The van der Waals surface area contributed by atoms with E-state index in [1.807, 2.05) is 12.1 Å². The number of rotatable bonds is 4. The van der Waals surface area contributed by atoms with Crippen molar-refractivity contribution < 1.29 is 9.59 Å². The summed E-state index contributed by atoms with van der Waals surface area (Å²) in [5, 5.41) is 14.1. The largest absolute Gasteiger partial charge is 0.350 e. The maximum Gasteiger partial charge on any atom is 0.242 e. The standard InChI is InChI=1S/C14H14ClN5O2/c15-10-3-1-2-9(4-10)5-13(21)16-6-11-12-7-17-14(22)8-20(12)19-18-11/h1-4H,5-8H2,(H,16,21)(H,17,22). The van der Waals surface area contributed by atoms with Crippen molar-refractivity contribution in [2.24, 2.45) is 0 Å². The number of hydrogen-bond donors (Lipinski definition) is 2. The van der Waals surface area contributed by atoms with Crippen LogP contribution in [0.4, 0.5) is 0 Å². The molecule has 0 atom stereocenters. The zero-order valence-corrected chi connectivity index (χ0v) is 12.4. The van der Waals surface area contributed by atoms with E-state index < -0.39 is 0 Å². The molecule has 114 valence electrons. The van der Waals surface area contributed by atoms with E-state index in [0.29, 0.717) is 17.3 Å². The summed E-state index contributed by atoms with van der Waals surface area (Å²) in [6.07, 6.45) is 0.251. The minimum Gasteiger partial charge on any atom is -0.350 e. The first-order chi connectivity index (χ1) is 10.6. The Morgan fingerprint density at radius 2 is 2.32 bits per heavy atom. The Balaban J connectivity index is 1.59. The maximum absolute atomic E-state index is 12.0. The first-order valence-corrected chi connectivity index (χ1v) is 7.18. The van der Waals surface area contributed by atoms with Gasteiger partial charge in [-0.05, 0) is 17.7 Å². The Hall–Kier alpha value is -2.41. The molecule has 3 rings (SSSR count). The van der Waals surface area contributed by atoms with Crippen LogP contribution in [-0.4, -0.2) is 26.8 Å². The fraction of sp³-hybridized carbons (Fsp3) is 0.286. The van der Waals surface area contributed by atoms with Gasteiger partial charge in [0.2, 0.25) is 11.8 Å². The van der Waals surface area contributed by atoms with Crippen molar-refractivity contribution in [1.82, 2.24) is 25.6 Å². The second-order valence-electron chi connectivity index (χ2n) is 5.00. The molecule has 2 N–H and O–H groups in total. The van der Waals surface area contributed by atoms with Gasteiger partial charge in [-0.1, -0.05) is 28.9 Å². The fourth-order valence-electron chi connectivity index (χ4n) is 2.28. The van der Waals surface area contributed by atoms with E-state index >= 15 is 0 Å². The Kier molecular flexibility index (Phi) is 4.06. The van der Waals surface area contributed by atoms with E-state index in [-0.39, 0.29) is 31.3 Å². The molecule has 8 heteroatoms. The molecule has 1 aromatic carbocycles. The number of carbonyl (C=O) groups excluding carboxylic acids is 2. The lowest BCUT2D eigenvalue weighted by Crippen LogP contribution is -2.35. The number of carbonyl (C=O) groups is 2. The van der Waals surface area contributed by atoms with Crippen molar-refractivity contribution in [2.75, 3.05) is 0 Å². The summed E-state index contributed by atoms with van der Waals surface area (Å²) in [6, 6.07) is 7.18. The number of amides is 2. The normalized spacial score (nSPS) is 13.4. The van der Waals surface area contributed by atoms with Gasteiger partial charge in [0.05, 0.1) is 25.2 Å². The second-order valence-corrected chi connectivity index (χ2v) is 5.44. The second kappa shape index (κ2) is 6.15. The lowest BCUT2D eigenvalue weighted by Gasteiger charge is -2.14. The van der Waals surface area contributed by atoms with Gasteiger partial charge in [0.25, 0.3) is 0 Å². The van der Waals surface area contributed by atoms with Gasteiger partial charge in [0, 0.05) is 5.02 Å². The fourth-order valence-corrected chi connectivity index (χ4v) is 2.49. The number of fused-ring (bicyclic) bond motifs is 1. The van der Waals surface area contributed by atoms with Crippen LogP contribution in [0.5, 0.6) is 0 Å². The van der Waals surface area contributed by atoms with Gasteiger partial charge in [-0.25, -0.2) is 4.68 Å². The molecule has 0 spiro atoms. The summed E-state index contributed by atoms with van der Waals surface area (Å²) >= 11 is 5.89. The molecule has 1 aliphatic rings. The molecule has 0 unspecified atom stereocenters. The highest BCUT2D eigenvalue weighted by molar-refractivity contribution is 6.30. The number of hydrogen-bond acceptors (Lipinski definition) is 4. The molecule has 0 radical (unpaired) electrons. The number of nitrogens with one attached hydrogen (secondary N) is 2. The third-order valence-electron chi connectivity index (χ3n) is 3.37. The smallest absolute Gasteiger partial charge is 0.242 e. The predicted octanol–water partition coefficient (Wildman–Crippen LogP) is 0.420. The average molecular weight is 320 g/mol. The van der Waals surface area contributed by atoms with E-state index in [1.165, 1.54) is 0 Å². The van der Waals surface area contributed by atoms with Crippen molar-refractivity contribution in [2.45, 2.75) is 26.1 Å². The van der Waals surface area contributed by atoms with Crippen molar-refractivity contribution in [1.29, 1.82) is 0 Å². The zero-order valence-electron chi connectivity index (χ0n) is 11.7. The average Bonchev–Trinajstić information content (AvgIpc) is 2.87. The SMILES string of the molecule is O=C(Cc1cccc(Cl)c1)NCc1nnn2c1CNC(=O)C2. The number of aromatic nitrogens is 3. The molecule has 0 saturated carbocycles. The van der Waals surface area contributed by atoms with E-state index in [1.54, 1.807) is 16.8 Å². The van der Waals surface area contributed by atoms with Gasteiger partial charge in [-0.3, -0.25) is 9.59 Å². The summed E-state index contributed by atoms with van der Waals surface area (Å²) in [6.45, 7) is 0.828. The van der Waals surface area contributed by atoms with Crippen molar-refractivity contribution in [3.63, 3.8) is 0 Å². The van der Waals surface area contributed by atoms with Gasteiger partial charge in [0.15, 0.2) is 0 Å². The first-order valence-electron chi connectivity index (χ1n) is 6.81. The minimum absolute atomic E-state index is 0.0889. The van der Waals surface area contributed by atoms with Crippen LogP contribution in [0, 0.1) is 0 Å². The Morgan fingerprint density at radius 3 is 3.14 bits per heavy atom. The molecule has 0 fully saturated rings. The quantitative estimate of drug-likeness (QED) is 0.855. The molecular formula is C14H14ClN5O2. The van der Waals surface area contributed by atoms with Crippen LogP contribution in [0.1, 0.15) is 17.0 Å². The summed E-state index contributed by atoms with van der Waals surface area (Å²) in [5.74, 6) is -0.210. The first kappa shape index (κ1) is 14.5. The molecular weight excluding hydrogens is 306 g/mol. The molecule has 1 aromatic heterocycles. The van der Waals surface area contributed by atoms with E-state index in [2.05, 4.69) is 20.9 Å². The van der Waals surface area contributed by atoms with Gasteiger partial charge < -0.3 is 10.6 Å². The lowest BCUT2D eigenvalue weighted by atomic mass is 10.1. The van der Waals surface area contributed by atoms with Crippen LogP contribution in [0.25, 0.3) is 0 Å². The van der Waals surface area contributed by atoms with Gasteiger partial charge >= 0.3 is 0 Å². The summed E-state index contributed by atoms with van der Waals surface area (Å²) in [4.78, 5) is 23.2. The van der Waals surface area contributed by atoms with Crippen molar-refractivity contribution >= 4 is 23.4 Å². The van der Waals surface area contributed by atoms with Crippen LogP contribution >= 0.6 is 11.6 Å². The molecule has 0 saturated heterocycles. The van der Waals surface area contributed by atoms with Gasteiger partial charge in [-0.15, -0.1) is 5.10 Å². The molecule has 2 heterocycles. The Morgan fingerprint density at radius 1 is 1.45 bits per heavy atom. The topological polar surface area (TPSA) is 88.9 Å². The predicted molar refractivity (Wildman–Crippen MR) is 78.9 cm³/mol. The maximum atomic E-state index is 12.0. The highest BCUT2D eigenvalue weighted by Crippen LogP contribution is 2.12. The molecule has 2 amide bonds. The van der Waals surface area contributed by atoms with Crippen LogP contribution in [0.15, 0.2) is 24.3 Å². The van der Waals surface area contributed by atoms with E-state index in [4.69, 9.17) is 11.6 Å². The highest BCUT2D eigenvalue weighted by Gasteiger charge is 2.20. The summed E-state index contributed by atoms with van der Waals surface area (Å²) in [7, 11) is 0. The van der Waals surface area contributed by atoms with Gasteiger partial charge in [0.1, 0.15) is 12.2 Å². The Labute approximate surface area is 131 Å². The van der Waals surface area contributed by atoms with Crippen molar-refractivity contribution in [3.05, 3.63) is 46.2 Å². The molecule has 2 aromatic rings. The van der Waals surface area contributed by atoms with Crippen LogP contribution in [0.3, 0.4) is 0 Å². The lowest BCUT2D eigenvalue weighted by molar-refractivity contribution is -0.123. The van der Waals surface area contributed by atoms with E-state index in [9.17, 15) is 9.59 Å². The Bertz CT molecular complexity index is 728. The highest BCUT2D eigenvalue weighted by atomic mass is 35.5. The summed E-state index contributed by atoms with van der Waals surface area (Å²) in [5.41, 5.74) is 2.34. The van der Waals surface area contributed by atoms with Crippen molar-refractivity contribution in [3.8, 4) is 0 Å². The molecule has 1 aliphatic heterocycles. The number of halogens is 1. The minimum atomic E-state index is -0.121.